The lowest BCUT2D eigenvalue weighted by Crippen LogP contribution is -2.43. The van der Waals surface area contributed by atoms with Gasteiger partial charge in [0.25, 0.3) is 0 Å². The van der Waals surface area contributed by atoms with Gasteiger partial charge in [-0.25, -0.2) is 9.59 Å². The van der Waals surface area contributed by atoms with Crippen molar-refractivity contribution in [2.24, 2.45) is 11.8 Å². The first-order valence-electron chi connectivity index (χ1n) is 6.61. The second-order valence-electron chi connectivity index (χ2n) is 4.79. The standard InChI is InChI=1S/C8H11O11P.C4H4O4/c9-3(10)1-2(6(11)12)4(7(13)14)5(8(15)16)20(17,18)19;5-3(6)1-2-4(7)8/h2,4-5H,1H2,(H,9,10)(H,11,12)(H,13,14)(H,15,16)(H2,17,18,19);1-2H,(H,5,6)(H,7,8). The lowest BCUT2D eigenvalue weighted by Gasteiger charge is -2.25. The van der Waals surface area contributed by atoms with E-state index in [0.29, 0.717) is 12.2 Å². The summed E-state index contributed by atoms with van der Waals surface area (Å²) < 4.78 is 11.0. The van der Waals surface area contributed by atoms with E-state index in [1.54, 1.807) is 0 Å². The van der Waals surface area contributed by atoms with Crippen molar-refractivity contribution < 1.29 is 73.8 Å². The maximum atomic E-state index is 11.0. The van der Waals surface area contributed by atoms with E-state index in [9.17, 15) is 33.3 Å². The van der Waals surface area contributed by atoms with Crippen LogP contribution in [-0.2, 0) is 33.3 Å². The minimum absolute atomic E-state index is 0.558. The Kier molecular flexibility index (Phi) is 11.0. The van der Waals surface area contributed by atoms with Gasteiger partial charge in [-0.2, -0.15) is 0 Å². The third-order valence-corrected chi connectivity index (χ3v) is 4.02. The van der Waals surface area contributed by atoms with Crippen LogP contribution in [0.5, 0.6) is 0 Å². The number of aliphatic carboxylic acids is 6. The monoisotopic (exact) mass is 430 g/mol. The van der Waals surface area contributed by atoms with E-state index >= 15 is 0 Å². The molecule has 15 nitrogen and oxygen atoms in total. The van der Waals surface area contributed by atoms with Crippen LogP contribution in [-0.4, -0.2) is 81.9 Å². The average Bonchev–Trinajstić information content (AvgIpc) is 2.46. The van der Waals surface area contributed by atoms with Crippen molar-refractivity contribution in [3.63, 3.8) is 0 Å². The minimum atomic E-state index is -5.52. The van der Waals surface area contributed by atoms with Gasteiger partial charge in [0, 0.05) is 12.2 Å². The van der Waals surface area contributed by atoms with Crippen LogP contribution in [0.25, 0.3) is 0 Å². The maximum Gasteiger partial charge on any atom is 0.340 e. The highest BCUT2D eigenvalue weighted by Crippen LogP contribution is 2.47. The Labute approximate surface area is 154 Å². The molecule has 0 aliphatic carbocycles. The second kappa shape index (κ2) is 11.4. The first kappa shape index (κ1) is 26.9. The summed E-state index contributed by atoms with van der Waals surface area (Å²) in [6.07, 6.45) is -0.180. The second-order valence-corrected chi connectivity index (χ2v) is 6.52. The zero-order valence-electron chi connectivity index (χ0n) is 13.5. The highest BCUT2D eigenvalue weighted by atomic mass is 31.2. The van der Waals surface area contributed by atoms with Crippen LogP contribution >= 0.6 is 7.60 Å². The van der Waals surface area contributed by atoms with E-state index in [-0.39, 0.29) is 0 Å². The van der Waals surface area contributed by atoms with Crippen molar-refractivity contribution in [3.8, 4) is 0 Å². The van der Waals surface area contributed by atoms with Crippen molar-refractivity contribution in [3.05, 3.63) is 12.2 Å². The van der Waals surface area contributed by atoms with Crippen LogP contribution < -0.4 is 0 Å². The summed E-state index contributed by atoms with van der Waals surface area (Å²) in [6, 6.07) is 0. The third-order valence-electron chi connectivity index (χ3n) is 2.75. The highest BCUT2D eigenvalue weighted by molar-refractivity contribution is 7.53. The van der Waals surface area contributed by atoms with E-state index in [1.165, 1.54) is 0 Å². The Morgan fingerprint density at radius 1 is 0.714 bits per heavy atom. The topological polar surface area (TPSA) is 281 Å². The van der Waals surface area contributed by atoms with Crippen molar-refractivity contribution in [1.29, 1.82) is 0 Å². The zero-order chi connectivity index (χ0) is 22.8. The fourth-order valence-corrected chi connectivity index (χ4v) is 2.77. The van der Waals surface area contributed by atoms with Crippen LogP contribution in [0.4, 0.5) is 0 Å². The number of hydrogen-bond donors (Lipinski definition) is 8. The molecule has 0 heterocycles. The van der Waals surface area contributed by atoms with Crippen molar-refractivity contribution in [2.45, 2.75) is 12.1 Å². The molecule has 3 unspecified atom stereocenters. The van der Waals surface area contributed by atoms with Crippen molar-refractivity contribution >= 4 is 43.4 Å². The molecule has 0 spiro atoms. The molecule has 8 N–H and O–H groups in total. The molecule has 16 heteroatoms. The van der Waals surface area contributed by atoms with Crippen LogP contribution in [0.15, 0.2) is 12.2 Å². The Bertz CT molecular complexity index is 701. The molecule has 3 atom stereocenters. The first-order chi connectivity index (χ1) is 12.5. The summed E-state index contributed by atoms with van der Waals surface area (Å²) >= 11 is 0. The van der Waals surface area contributed by atoms with Gasteiger partial charge in [-0.1, -0.05) is 0 Å². The summed E-state index contributed by atoms with van der Waals surface area (Å²) in [7, 11) is -5.52. The van der Waals surface area contributed by atoms with Gasteiger partial charge >= 0.3 is 43.4 Å². The quantitative estimate of drug-likeness (QED) is 0.140. The van der Waals surface area contributed by atoms with Crippen molar-refractivity contribution in [1.82, 2.24) is 0 Å². The molecular weight excluding hydrogens is 415 g/mol. The smallest absolute Gasteiger partial charge is 0.340 e. The molecule has 0 bridgehead atoms. The fraction of sp³-hybridized carbons (Fsp3) is 0.333. The predicted octanol–water partition coefficient (Wildman–Crippen LogP) is -1.79. The van der Waals surface area contributed by atoms with Gasteiger partial charge in [0.2, 0.25) is 0 Å². The number of hydrogen-bond acceptors (Lipinski definition) is 7. The highest BCUT2D eigenvalue weighted by Gasteiger charge is 2.52. The molecule has 0 aromatic carbocycles. The molecule has 0 aliphatic rings. The van der Waals surface area contributed by atoms with Gasteiger partial charge in [0.15, 0.2) is 5.66 Å². The van der Waals surface area contributed by atoms with E-state index in [4.69, 9.17) is 40.4 Å². The van der Waals surface area contributed by atoms with Gasteiger partial charge in [-0.3, -0.25) is 23.7 Å². The Morgan fingerprint density at radius 2 is 1.11 bits per heavy atom. The largest absolute Gasteiger partial charge is 0.481 e. The molecule has 0 aliphatic heterocycles. The fourth-order valence-electron chi connectivity index (χ4n) is 1.73. The van der Waals surface area contributed by atoms with Crippen LogP contribution in [0, 0.1) is 11.8 Å². The summed E-state index contributed by atoms with van der Waals surface area (Å²) in [6.45, 7) is 0. The molecule has 0 saturated heterocycles. The molecule has 0 amide bonds. The molecule has 158 valence electrons. The molecule has 0 radical (unpaired) electrons. The normalized spacial score (nSPS) is 14.1. The molecule has 0 aromatic heterocycles. The van der Waals surface area contributed by atoms with E-state index in [0.717, 1.165) is 0 Å². The predicted molar refractivity (Wildman–Crippen MR) is 82.4 cm³/mol. The zero-order valence-corrected chi connectivity index (χ0v) is 14.4. The van der Waals surface area contributed by atoms with Gasteiger partial charge in [-0.15, -0.1) is 0 Å². The first-order valence-corrected chi connectivity index (χ1v) is 8.29. The Morgan fingerprint density at radius 3 is 1.29 bits per heavy atom. The number of carboxylic acid groups (broad SMARTS) is 6. The molecule has 0 saturated carbocycles. The van der Waals surface area contributed by atoms with E-state index < -0.39 is 67.3 Å². The molecule has 0 fully saturated rings. The minimum Gasteiger partial charge on any atom is -0.481 e. The molecule has 0 rings (SSSR count). The molecule has 28 heavy (non-hydrogen) atoms. The molecule has 0 aromatic rings. The third kappa shape index (κ3) is 10.6. The summed E-state index contributed by atoms with van der Waals surface area (Å²) in [5.74, 6) is -15.5. The van der Waals surface area contributed by atoms with Gasteiger partial charge in [0.05, 0.1) is 18.3 Å². The lowest BCUT2D eigenvalue weighted by atomic mass is 9.86. The summed E-state index contributed by atoms with van der Waals surface area (Å²) in [4.78, 5) is 79.9. The lowest BCUT2D eigenvalue weighted by molar-refractivity contribution is -0.159. The van der Waals surface area contributed by atoms with Gasteiger partial charge < -0.3 is 40.4 Å². The van der Waals surface area contributed by atoms with E-state index in [1.807, 2.05) is 0 Å². The average molecular weight is 430 g/mol. The number of carbonyl (C=O) groups is 6. The molecular formula is C12H15O15P. The maximum absolute atomic E-state index is 11.0. The van der Waals surface area contributed by atoms with Gasteiger partial charge in [0.1, 0.15) is 0 Å². The van der Waals surface area contributed by atoms with Crippen molar-refractivity contribution in [2.75, 3.05) is 0 Å². The van der Waals surface area contributed by atoms with Gasteiger partial charge in [-0.05, 0) is 0 Å². The van der Waals surface area contributed by atoms with Crippen LogP contribution in [0.2, 0.25) is 0 Å². The SMILES string of the molecule is O=C(O)C=CC(=O)O.O=C(O)CC(C(=O)O)C(C(=O)O)C(C(=O)O)P(=O)(O)O. The number of carboxylic acids is 6. The Hall–Kier alpha value is -3.29. The summed E-state index contributed by atoms with van der Waals surface area (Å²) in [5, 5.41) is 50.4. The van der Waals surface area contributed by atoms with Crippen LogP contribution in [0.3, 0.4) is 0 Å². The van der Waals surface area contributed by atoms with Crippen LogP contribution in [0.1, 0.15) is 6.42 Å². The van der Waals surface area contributed by atoms with E-state index in [2.05, 4.69) is 0 Å². The summed E-state index contributed by atoms with van der Waals surface area (Å²) in [5.41, 5.74) is -2.86. The number of rotatable bonds is 10. The Balaban J connectivity index is 0.